The van der Waals surface area contributed by atoms with Gasteiger partial charge in [0.1, 0.15) is 34.9 Å². The predicted molar refractivity (Wildman–Crippen MR) is 71.0 cm³/mol. The molecule has 0 aliphatic rings. The number of hydrogen-bond donors (Lipinski definition) is 2. The summed E-state index contributed by atoms with van der Waals surface area (Å²) in [6, 6.07) is 7.61. The van der Waals surface area contributed by atoms with Crippen molar-refractivity contribution in [3.63, 3.8) is 0 Å². The molecule has 0 aliphatic carbocycles. The van der Waals surface area contributed by atoms with Crippen LogP contribution in [0.2, 0.25) is 0 Å². The number of nitrogens with two attached hydrogens (primary N) is 1. The number of pyridine rings is 1. The minimum absolute atomic E-state index is 0.0499. The van der Waals surface area contributed by atoms with Crippen molar-refractivity contribution < 1.29 is 4.39 Å². The second-order valence-corrected chi connectivity index (χ2v) is 4.23. The number of anilines is 1. The van der Waals surface area contributed by atoms with Gasteiger partial charge in [0.05, 0.1) is 0 Å². The predicted octanol–water partition coefficient (Wildman–Crippen LogP) is 1.81. The lowest BCUT2D eigenvalue weighted by molar-refractivity contribution is 0.627. The number of H-pyrrole nitrogens is 1. The molecule has 1 heterocycles. The average Bonchev–Trinajstić information content (AvgIpc) is 2.36. The molecule has 20 heavy (non-hydrogen) atoms. The number of nitrogens with one attached hydrogen (secondary N) is 1. The Labute approximate surface area is 113 Å². The highest BCUT2D eigenvalue weighted by Crippen LogP contribution is 2.29. The monoisotopic (exact) mass is 268 g/mol. The number of aromatic amines is 1. The van der Waals surface area contributed by atoms with Gasteiger partial charge in [0.25, 0.3) is 5.56 Å². The van der Waals surface area contributed by atoms with Crippen molar-refractivity contribution in [1.82, 2.24) is 4.98 Å². The number of nitrogen functional groups attached to an aromatic ring is 1. The van der Waals surface area contributed by atoms with Crippen LogP contribution in [0, 0.1) is 35.4 Å². The third kappa shape index (κ3) is 2.11. The van der Waals surface area contributed by atoms with E-state index in [0.717, 1.165) is 6.07 Å². The molecule has 0 fully saturated rings. The second-order valence-electron chi connectivity index (χ2n) is 4.23. The zero-order valence-corrected chi connectivity index (χ0v) is 10.5. The Balaban J connectivity index is 2.96. The normalized spacial score (nSPS) is 9.80. The molecule has 3 N–H and O–H groups in total. The number of aryl methyl sites for hydroxylation is 1. The molecule has 0 aliphatic heterocycles. The Morgan fingerprint density at radius 2 is 1.85 bits per heavy atom. The first-order valence-electron chi connectivity index (χ1n) is 5.61. The zero-order chi connectivity index (χ0) is 14.9. The fraction of sp³-hybridized carbons (Fsp3) is 0.0714. The van der Waals surface area contributed by atoms with Gasteiger partial charge in [-0.1, -0.05) is 6.07 Å². The van der Waals surface area contributed by atoms with E-state index in [-0.39, 0.29) is 28.1 Å². The molecule has 0 amide bonds. The summed E-state index contributed by atoms with van der Waals surface area (Å²) >= 11 is 0. The second kappa shape index (κ2) is 4.87. The van der Waals surface area contributed by atoms with E-state index in [9.17, 15) is 9.18 Å². The SMILES string of the molecule is Cc1cc(F)cc(-c2c(C#N)c(N)[nH]c(=O)c2C#N)c1. The minimum atomic E-state index is -0.707. The fourth-order valence-corrected chi connectivity index (χ4v) is 2.01. The van der Waals surface area contributed by atoms with Crippen LogP contribution < -0.4 is 11.3 Å². The van der Waals surface area contributed by atoms with Crippen molar-refractivity contribution >= 4 is 5.82 Å². The van der Waals surface area contributed by atoms with Gasteiger partial charge < -0.3 is 10.7 Å². The van der Waals surface area contributed by atoms with Crippen LogP contribution in [0.4, 0.5) is 10.2 Å². The van der Waals surface area contributed by atoms with Crippen LogP contribution in [0.5, 0.6) is 0 Å². The van der Waals surface area contributed by atoms with Gasteiger partial charge in [0, 0.05) is 5.56 Å². The van der Waals surface area contributed by atoms with Crippen molar-refractivity contribution in [2.45, 2.75) is 6.92 Å². The topological polar surface area (TPSA) is 106 Å². The van der Waals surface area contributed by atoms with Crippen LogP contribution in [-0.4, -0.2) is 4.98 Å². The molecule has 0 atom stereocenters. The summed E-state index contributed by atoms with van der Waals surface area (Å²) in [4.78, 5) is 14.0. The number of benzene rings is 1. The first kappa shape index (κ1) is 13.3. The summed E-state index contributed by atoms with van der Waals surface area (Å²) in [5.74, 6) is -0.667. The lowest BCUT2D eigenvalue weighted by Gasteiger charge is -2.09. The largest absolute Gasteiger partial charge is 0.384 e. The molecule has 5 nitrogen and oxygen atoms in total. The number of halogens is 1. The Kier molecular flexibility index (Phi) is 3.24. The molecule has 1 aromatic carbocycles. The quantitative estimate of drug-likeness (QED) is 0.822. The third-order valence-corrected chi connectivity index (χ3v) is 2.80. The molecule has 0 saturated carbocycles. The average molecular weight is 268 g/mol. The Bertz CT molecular complexity index is 820. The summed E-state index contributed by atoms with van der Waals surface area (Å²) in [5, 5.41) is 18.3. The summed E-state index contributed by atoms with van der Waals surface area (Å²) in [5.41, 5.74) is 5.50. The first-order chi connectivity index (χ1) is 9.47. The van der Waals surface area contributed by atoms with E-state index in [2.05, 4.69) is 4.98 Å². The van der Waals surface area contributed by atoms with Crippen LogP contribution in [-0.2, 0) is 0 Å². The van der Waals surface area contributed by atoms with Crippen molar-refractivity contribution in [3.8, 4) is 23.3 Å². The van der Waals surface area contributed by atoms with E-state index >= 15 is 0 Å². The number of aromatic nitrogens is 1. The smallest absolute Gasteiger partial charge is 0.268 e. The van der Waals surface area contributed by atoms with E-state index in [0.29, 0.717) is 5.56 Å². The van der Waals surface area contributed by atoms with Gasteiger partial charge in [-0.05, 0) is 30.2 Å². The Hall–Kier alpha value is -3.12. The summed E-state index contributed by atoms with van der Waals surface area (Å²) in [6.07, 6.45) is 0. The summed E-state index contributed by atoms with van der Waals surface area (Å²) in [6.45, 7) is 1.67. The van der Waals surface area contributed by atoms with Crippen molar-refractivity contribution in [2.75, 3.05) is 5.73 Å². The van der Waals surface area contributed by atoms with Crippen molar-refractivity contribution in [2.24, 2.45) is 0 Å². The number of nitrogens with zero attached hydrogens (tertiary/aromatic N) is 2. The molecule has 0 radical (unpaired) electrons. The van der Waals surface area contributed by atoms with Crippen LogP contribution >= 0.6 is 0 Å². The van der Waals surface area contributed by atoms with E-state index in [1.807, 2.05) is 6.07 Å². The first-order valence-corrected chi connectivity index (χ1v) is 5.61. The van der Waals surface area contributed by atoms with Gasteiger partial charge in [0.2, 0.25) is 0 Å². The van der Waals surface area contributed by atoms with Gasteiger partial charge in [-0.2, -0.15) is 10.5 Å². The molecule has 0 spiro atoms. The maximum atomic E-state index is 13.5. The molecule has 2 aromatic rings. The van der Waals surface area contributed by atoms with Crippen molar-refractivity contribution in [1.29, 1.82) is 10.5 Å². The van der Waals surface area contributed by atoms with Gasteiger partial charge in [-0.25, -0.2) is 4.39 Å². The fourth-order valence-electron chi connectivity index (χ4n) is 2.01. The van der Waals surface area contributed by atoms with E-state index in [4.69, 9.17) is 16.3 Å². The molecule has 0 saturated heterocycles. The minimum Gasteiger partial charge on any atom is -0.384 e. The summed E-state index contributed by atoms with van der Waals surface area (Å²) in [7, 11) is 0. The third-order valence-electron chi connectivity index (χ3n) is 2.80. The van der Waals surface area contributed by atoms with E-state index in [1.165, 1.54) is 6.07 Å². The highest BCUT2D eigenvalue weighted by molar-refractivity contribution is 5.80. The number of rotatable bonds is 1. The number of hydrogen-bond acceptors (Lipinski definition) is 4. The highest BCUT2D eigenvalue weighted by atomic mass is 19.1. The lowest BCUT2D eigenvalue weighted by Crippen LogP contribution is -2.16. The van der Waals surface area contributed by atoms with Gasteiger partial charge in [-0.15, -0.1) is 0 Å². The standard InChI is InChI=1S/C14H9FN4O/c1-7-2-8(4-9(15)3-7)12-10(5-16)13(18)19-14(20)11(12)6-17/h2-4H,1H3,(H3,18,19,20). The van der Waals surface area contributed by atoms with E-state index < -0.39 is 11.4 Å². The molecule has 6 heteroatoms. The Morgan fingerprint density at radius 3 is 2.40 bits per heavy atom. The molecule has 2 rings (SSSR count). The van der Waals surface area contributed by atoms with Gasteiger partial charge >= 0.3 is 0 Å². The Morgan fingerprint density at radius 1 is 1.20 bits per heavy atom. The molecule has 1 aromatic heterocycles. The summed E-state index contributed by atoms with van der Waals surface area (Å²) < 4.78 is 13.5. The molecular formula is C14H9FN4O. The molecule has 98 valence electrons. The van der Waals surface area contributed by atoms with E-state index in [1.54, 1.807) is 19.1 Å². The lowest BCUT2D eigenvalue weighted by atomic mass is 9.95. The van der Waals surface area contributed by atoms with Gasteiger partial charge in [-0.3, -0.25) is 4.79 Å². The van der Waals surface area contributed by atoms with Crippen LogP contribution in [0.3, 0.4) is 0 Å². The van der Waals surface area contributed by atoms with Crippen molar-refractivity contribution in [3.05, 3.63) is 51.1 Å². The molecule has 0 unspecified atom stereocenters. The highest BCUT2D eigenvalue weighted by Gasteiger charge is 2.18. The van der Waals surface area contributed by atoms with Crippen LogP contribution in [0.1, 0.15) is 16.7 Å². The molecular weight excluding hydrogens is 259 g/mol. The maximum Gasteiger partial charge on any atom is 0.268 e. The molecule has 0 bridgehead atoms. The van der Waals surface area contributed by atoms with Crippen LogP contribution in [0.25, 0.3) is 11.1 Å². The maximum absolute atomic E-state index is 13.5. The number of nitriles is 2. The van der Waals surface area contributed by atoms with Gasteiger partial charge in [0.15, 0.2) is 0 Å². The van der Waals surface area contributed by atoms with Crippen LogP contribution in [0.15, 0.2) is 23.0 Å². The zero-order valence-electron chi connectivity index (χ0n) is 10.5.